The summed E-state index contributed by atoms with van der Waals surface area (Å²) in [6, 6.07) is 10.5. The maximum atomic E-state index is 8.86. The van der Waals surface area contributed by atoms with E-state index in [-0.39, 0.29) is 6.04 Å². The standard InChI is InChI=1S/C15H15N3O2/c1-10(17)12-5-6-18-15(8-12)20-13-4-3-11(9-16)7-14(13)19-2/h3-8,10H,17H2,1-2H3/t10-/m0/s1. The minimum absolute atomic E-state index is 0.0942. The molecule has 0 unspecified atom stereocenters. The molecular formula is C15H15N3O2. The minimum atomic E-state index is -0.0942. The average Bonchev–Trinajstić information content (AvgIpc) is 2.48. The Kier molecular flexibility index (Phi) is 4.18. The van der Waals surface area contributed by atoms with Crippen molar-refractivity contribution in [1.29, 1.82) is 5.26 Å². The van der Waals surface area contributed by atoms with Crippen LogP contribution >= 0.6 is 0 Å². The normalized spacial score (nSPS) is 11.5. The summed E-state index contributed by atoms with van der Waals surface area (Å²) in [6.07, 6.45) is 1.64. The number of nitrogens with two attached hydrogens (primary N) is 1. The molecule has 5 heteroatoms. The Labute approximate surface area is 117 Å². The second-order valence-corrected chi connectivity index (χ2v) is 4.30. The van der Waals surface area contributed by atoms with Crippen LogP contribution in [0.3, 0.4) is 0 Å². The van der Waals surface area contributed by atoms with Gasteiger partial charge in [-0.15, -0.1) is 0 Å². The Morgan fingerprint density at radius 3 is 2.70 bits per heavy atom. The van der Waals surface area contributed by atoms with Crippen LogP contribution in [0, 0.1) is 11.3 Å². The number of ether oxygens (including phenoxy) is 2. The van der Waals surface area contributed by atoms with Crippen LogP contribution < -0.4 is 15.2 Å². The molecule has 0 amide bonds. The topological polar surface area (TPSA) is 81.2 Å². The lowest BCUT2D eigenvalue weighted by molar-refractivity contribution is 0.374. The van der Waals surface area contributed by atoms with E-state index in [1.54, 1.807) is 30.5 Å². The van der Waals surface area contributed by atoms with Crippen molar-refractivity contribution in [3.8, 4) is 23.4 Å². The third-order valence-electron chi connectivity index (χ3n) is 2.79. The van der Waals surface area contributed by atoms with Gasteiger partial charge in [0.25, 0.3) is 0 Å². The van der Waals surface area contributed by atoms with Gasteiger partial charge in [-0.1, -0.05) is 0 Å². The summed E-state index contributed by atoms with van der Waals surface area (Å²) in [5.74, 6) is 1.42. The second-order valence-electron chi connectivity index (χ2n) is 4.30. The van der Waals surface area contributed by atoms with Gasteiger partial charge in [0.1, 0.15) is 0 Å². The molecule has 2 aromatic rings. The highest BCUT2D eigenvalue weighted by Gasteiger charge is 2.09. The Hall–Kier alpha value is -2.58. The van der Waals surface area contributed by atoms with Crippen molar-refractivity contribution in [1.82, 2.24) is 4.98 Å². The molecule has 0 saturated heterocycles. The maximum absolute atomic E-state index is 8.86. The van der Waals surface area contributed by atoms with Crippen molar-refractivity contribution in [2.75, 3.05) is 7.11 Å². The van der Waals surface area contributed by atoms with Gasteiger partial charge in [0.2, 0.25) is 5.88 Å². The summed E-state index contributed by atoms with van der Waals surface area (Å²) < 4.78 is 10.9. The van der Waals surface area contributed by atoms with Gasteiger partial charge in [0, 0.05) is 24.4 Å². The lowest BCUT2D eigenvalue weighted by Crippen LogP contribution is -2.05. The molecule has 1 aromatic heterocycles. The van der Waals surface area contributed by atoms with Gasteiger partial charge in [0.15, 0.2) is 11.5 Å². The maximum Gasteiger partial charge on any atom is 0.219 e. The number of aromatic nitrogens is 1. The second kappa shape index (κ2) is 6.04. The molecule has 1 aromatic carbocycles. The van der Waals surface area contributed by atoms with Crippen molar-refractivity contribution in [2.24, 2.45) is 5.73 Å². The SMILES string of the molecule is COc1cc(C#N)ccc1Oc1cc([C@H](C)N)ccn1. The summed E-state index contributed by atoms with van der Waals surface area (Å²) in [7, 11) is 1.52. The number of nitrogens with zero attached hydrogens (tertiary/aromatic N) is 2. The van der Waals surface area contributed by atoms with Crippen molar-refractivity contribution < 1.29 is 9.47 Å². The molecule has 0 radical (unpaired) electrons. The first-order valence-corrected chi connectivity index (χ1v) is 6.11. The molecule has 1 atom stereocenters. The molecule has 2 N–H and O–H groups in total. The van der Waals surface area contributed by atoms with Gasteiger partial charge in [0.05, 0.1) is 18.7 Å². The molecule has 0 aliphatic carbocycles. The van der Waals surface area contributed by atoms with Crippen molar-refractivity contribution in [2.45, 2.75) is 13.0 Å². The van der Waals surface area contributed by atoms with Gasteiger partial charge in [-0.3, -0.25) is 0 Å². The van der Waals surface area contributed by atoms with Gasteiger partial charge < -0.3 is 15.2 Å². The first kappa shape index (κ1) is 13.8. The lowest BCUT2D eigenvalue weighted by atomic mass is 10.1. The molecule has 0 spiro atoms. The van der Waals surface area contributed by atoms with Crippen molar-refractivity contribution >= 4 is 0 Å². The zero-order valence-corrected chi connectivity index (χ0v) is 11.3. The molecular weight excluding hydrogens is 254 g/mol. The van der Waals surface area contributed by atoms with Crippen LogP contribution in [0.1, 0.15) is 24.1 Å². The third kappa shape index (κ3) is 3.05. The van der Waals surface area contributed by atoms with Crippen LogP contribution in [-0.2, 0) is 0 Å². The number of hydrogen-bond donors (Lipinski definition) is 1. The predicted molar refractivity (Wildman–Crippen MR) is 74.6 cm³/mol. The van der Waals surface area contributed by atoms with Crippen LogP contribution in [0.2, 0.25) is 0 Å². The number of benzene rings is 1. The summed E-state index contributed by atoms with van der Waals surface area (Å²) in [6.45, 7) is 1.89. The Balaban J connectivity index is 2.30. The average molecular weight is 269 g/mol. The highest BCUT2D eigenvalue weighted by molar-refractivity contribution is 5.48. The van der Waals surface area contributed by atoms with E-state index in [0.29, 0.717) is 22.9 Å². The van der Waals surface area contributed by atoms with Gasteiger partial charge in [-0.05, 0) is 30.7 Å². The summed E-state index contributed by atoms with van der Waals surface area (Å²) >= 11 is 0. The molecule has 0 fully saturated rings. The zero-order chi connectivity index (χ0) is 14.5. The van der Waals surface area contributed by atoms with E-state index in [4.69, 9.17) is 20.5 Å². The van der Waals surface area contributed by atoms with Gasteiger partial charge in [-0.25, -0.2) is 4.98 Å². The Morgan fingerprint density at radius 2 is 2.05 bits per heavy atom. The van der Waals surface area contributed by atoms with E-state index in [9.17, 15) is 0 Å². The van der Waals surface area contributed by atoms with E-state index in [1.165, 1.54) is 7.11 Å². The largest absolute Gasteiger partial charge is 0.493 e. The summed E-state index contributed by atoms with van der Waals surface area (Å²) in [5, 5.41) is 8.86. The Morgan fingerprint density at radius 1 is 1.25 bits per heavy atom. The number of pyridine rings is 1. The molecule has 0 aliphatic heterocycles. The van der Waals surface area contributed by atoms with Crippen LogP contribution in [0.5, 0.6) is 17.4 Å². The van der Waals surface area contributed by atoms with Crippen LogP contribution in [-0.4, -0.2) is 12.1 Å². The van der Waals surface area contributed by atoms with Crippen molar-refractivity contribution in [3.63, 3.8) is 0 Å². The molecule has 0 bridgehead atoms. The number of methoxy groups -OCH3 is 1. The van der Waals surface area contributed by atoms with E-state index < -0.39 is 0 Å². The van der Waals surface area contributed by atoms with Crippen LogP contribution in [0.4, 0.5) is 0 Å². The summed E-state index contributed by atoms with van der Waals surface area (Å²) in [4.78, 5) is 4.14. The fourth-order valence-corrected chi connectivity index (χ4v) is 1.70. The zero-order valence-electron chi connectivity index (χ0n) is 11.3. The third-order valence-corrected chi connectivity index (χ3v) is 2.79. The van der Waals surface area contributed by atoms with Gasteiger partial charge in [-0.2, -0.15) is 5.26 Å². The van der Waals surface area contributed by atoms with Crippen LogP contribution in [0.15, 0.2) is 36.5 Å². The van der Waals surface area contributed by atoms with Crippen molar-refractivity contribution in [3.05, 3.63) is 47.7 Å². The first-order chi connectivity index (χ1) is 9.63. The fourth-order valence-electron chi connectivity index (χ4n) is 1.70. The van der Waals surface area contributed by atoms with Crippen LogP contribution in [0.25, 0.3) is 0 Å². The van der Waals surface area contributed by atoms with E-state index in [0.717, 1.165) is 5.56 Å². The van der Waals surface area contributed by atoms with E-state index in [1.807, 2.05) is 19.1 Å². The molecule has 5 nitrogen and oxygen atoms in total. The summed E-state index contributed by atoms with van der Waals surface area (Å²) in [5.41, 5.74) is 7.26. The molecule has 2 rings (SSSR count). The molecule has 102 valence electrons. The lowest BCUT2D eigenvalue weighted by Gasteiger charge is -2.11. The van der Waals surface area contributed by atoms with E-state index >= 15 is 0 Å². The smallest absolute Gasteiger partial charge is 0.219 e. The number of hydrogen-bond acceptors (Lipinski definition) is 5. The highest BCUT2D eigenvalue weighted by Crippen LogP contribution is 2.31. The minimum Gasteiger partial charge on any atom is -0.493 e. The quantitative estimate of drug-likeness (QED) is 0.923. The predicted octanol–water partition coefficient (Wildman–Crippen LogP) is 2.77. The molecule has 0 saturated carbocycles. The molecule has 0 aliphatic rings. The monoisotopic (exact) mass is 269 g/mol. The number of nitriles is 1. The van der Waals surface area contributed by atoms with Gasteiger partial charge >= 0.3 is 0 Å². The highest BCUT2D eigenvalue weighted by atomic mass is 16.5. The number of rotatable bonds is 4. The molecule has 1 heterocycles. The molecule has 20 heavy (non-hydrogen) atoms. The Bertz CT molecular complexity index is 648. The fraction of sp³-hybridized carbons (Fsp3) is 0.200. The first-order valence-electron chi connectivity index (χ1n) is 6.11. The van der Waals surface area contributed by atoms with E-state index in [2.05, 4.69) is 4.98 Å².